The summed E-state index contributed by atoms with van der Waals surface area (Å²) >= 11 is 17.5. The van der Waals surface area contributed by atoms with Gasteiger partial charge in [-0.25, -0.2) is 0 Å². The third kappa shape index (κ3) is 6.37. The summed E-state index contributed by atoms with van der Waals surface area (Å²) in [5, 5.41) is 2.58. The minimum Gasteiger partial charge on any atom is -0.466 e. The van der Waals surface area contributed by atoms with Crippen molar-refractivity contribution in [1.82, 2.24) is 5.32 Å². The summed E-state index contributed by atoms with van der Waals surface area (Å²) in [5.74, 6) is 0.513. The first-order chi connectivity index (χ1) is 8.79. The molecule has 3 nitrogen and oxygen atoms in total. The summed E-state index contributed by atoms with van der Waals surface area (Å²) in [5.41, 5.74) is 0. The zero-order chi connectivity index (χ0) is 14.5. The molecule has 1 atom stereocenters. The Labute approximate surface area is 128 Å². The molecule has 106 valence electrons. The van der Waals surface area contributed by atoms with E-state index in [0.29, 0.717) is 12.2 Å². The van der Waals surface area contributed by atoms with E-state index in [4.69, 9.17) is 39.5 Å². The molecule has 0 aliphatic carbocycles. The van der Waals surface area contributed by atoms with E-state index in [0.717, 1.165) is 0 Å². The molecule has 0 saturated heterocycles. The number of amides is 1. The van der Waals surface area contributed by atoms with Crippen LogP contribution in [0.15, 0.2) is 30.3 Å². The maximum Gasteiger partial charge on any atom is 0.246 e. The van der Waals surface area contributed by atoms with Crippen LogP contribution >= 0.6 is 34.8 Å². The first-order valence-electron chi connectivity index (χ1n) is 5.87. The van der Waals surface area contributed by atoms with Crippen molar-refractivity contribution in [2.75, 3.05) is 0 Å². The van der Waals surface area contributed by atoms with Gasteiger partial charge < -0.3 is 10.1 Å². The van der Waals surface area contributed by atoms with Crippen LogP contribution in [-0.2, 0) is 4.79 Å². The Morgan fingerprint density at radius 2 is 1.84 bits per heavy atom. The zero-order valence-electron chi connectivity index (χ0n) is 10.7. The van der Waals surface area contributed by atoms with E-state index in [9.17, 15) is 4.79 Å². The SMILES string of the molecule is CC(C)CC(=O)N[C@H](Oc1ccccc1)C(Cl)(Cl)Cl. The highest BCUT2D eigenvalue weighted by molar-refractivity contribution is 6.68. The third-order valence-electron chi connectivity index (χ3n) is 2.18. The molecule has 0 saturated carbocycles. The predicted molar refractivity (Wildman–Crippen MR) is 78.7 cm³/mol. The molecule has 0 fully saturated rings. The lowest BCUT2D eigenvalue weighted by Gasteiger charge is -2.26. The van der Waals surface area contributed by atoms with Crippen LogP contribution in [-0.4, -0.2) is 15.9 Å². The molecule has 0 heterocycles. The van der Waals surface area contributed by atoms with Gasteiger partial charge in [-0.2, -0.15) is 0 Å². The molecule has 1 amide bonds. The van der Waals surface area contributed by atoms with Crippen molar-refractivity contribution < 1.29 is 9.53 Å². The Hall–Kier alpha value is -0.640. The van der Waals surface area contributed by atoms with Gasteiger partial charge in [-0.15, -0.1) is 0 Å². The van der Waals surface area contributed by atoms with Crippen LogP contribution in [0.5, 0.6) is 5.75 Å². The van der Waals surface area contributed by atoms with E-state index in [2.05, 4.69) is 5.32 Å². The highest BCUT2D eigenvalue weighted by atomic mass is 35.6. The first kappa shape index (κ1) is 16.4. The second-order valence-electron chi connectivity index (χ2n) is 4.52. The summed E-state index contributed by atoms with van der Waals surface area (Å²) in [6.45, 7) is 3.87. The fourth-order valence-corrected chi connectivity index (χ4v) is 1.69. The Kier molecular flexibility index (Phi) is 6.24. The third-order valence-corrected chi connectivity index (χ3v) is 2.77. The molecular formula is C13H16Cl3NO2. The summed E-state index contributed by atoms with van der Waals surface area (Å²) in [7, 11) is 0. The molecule has 1 rings (SSSR count). The standard InChI is InChI=1S/C13H16Cl3NO2/c1-9(2)8-11(18)17-12(13(14,15)16)19-10-6-4-3-5-7-10/h3-7,9,12H,8H2,1-2H3,(H,17,18)/t12-/m1/s1. The number of hydrogen-bond acceptors (Lipinski definition) is 2. The minimum atomic E-state index is -1.75. The molecule has 0 bridgehead atoms. The van der Waals surface area contributed by atoms with Crippen molar-refractivity contribution in [3.05, 3.63) is 30.3 Å². The largest absolute Gasteiger partial charge is 0.466 e. The van der Waals surface area contributed by atoms with Gasteiger partial charge in [-0.05, 0) is 18.1 Å². The molecule has 0 unspecified atom stereocenters. The molecule has 0 spiro atoms. The van der Waals surface area contributed by atoms with Crippen molar-refractivity contribution in [3.63, 3.8) is 0 Å². The fourth-order valence-electron chi connectivity index (χ4n) is 1.39. The van der Waals surface area contributed by atoms with Gasteiger partial charge in [0.1, 0.15) is 5.75 Å². The van der Waals surface area contributed by atoms with Crippen molar-refractivity contribution >= 4 is 40.7 Å². The lowest BCUT2D eigenvalue weighted by Crippen LogP contribution is -2.48. The Balaban J connectivity index is 2.71. The van der Waals surface area contributed by atoms with Gasteiger partial charge in [0.25, 0.3) is 0 Å². The van der Waals surface area contributed by atoms with Crippen LogP contribution in [0.2, 0.25) is 0 Å². The normalized spacial score (nSPS) is 13.2. The second kappa shape index (κ2) is 7.22. The average molecular weight is 325 g/mol. The summed E-state index contributed by atoms with van der Waals surface area (Å²) < 4.78 is 3.76. The molecule has 0 aliphatic rings. The number of benzene rings is 1. The molecule has 0 aliphatic heterocycles. The minimum absolute atomic E-state index is 0.216. The van der Waals surface area contributed by atoms with Gasteiger partial charge in [0.2, 0.25) is 15.9 Å². The number of para-hydroxylation sites is 1. The van der Waals surface area contributed by atoms with Crippen molar-refractivity contribution in [1.29, 1.82) is 0 Å². The van der Waals surface area contributed by atoms with E-state index < -0.39 is 10.0 Å². The van der Waals surface area contributed by atoms with E-state index in [1.165, 1.54) is 0 Å². The summed E-state index contributed by atoms with van der Waals surface area (Å²) in [6, 6.07) is 8.87. The molecular weight excluding hydrogens is 309 g/mol. The van der Waals surface area contributed by atoms with Gasteiger partial charge in [0.05, 0.1) is 0 Å². The van der Waals surface area contributed by atoms with Gasteiger partial charge in [-0.3, -0.25) is 4.79 Å². The number of nitrogens with one attached hydrogen (secondary N) is 1. The molecule has 1 N–H and O–H groups in total. The zero-order valence-corrected chi connectivity index (χ0v) is 13.0. The number of ether oxygens (including phenoxy) is 1. The van der Waals surface area contributed by atoms with Crippen LogP contribution in [0.3, 0.4) is 0 Å². The van der Waals surface area contributed by atoms with E-state index >= 15 is 0 Å². The first-order valence-corrected chi connectivity index (χ1v) is 7.00. The molecule has 1 aromatic carbocycles. The monoisotopic (exact) mass is 323 g/mol. The summed E-state index contributed by atoms with van der Waals surface area (Å²) in [4.78, 5) is 11.7. The van der Waals surface area contributed by atoms with Gasteiger partial charge in [0, 0.05) is 6.42 Å². The van der Waals surface area contributed by atoms with Gasteiger partial charge in [-0.1, -0.05) is 66.8 Å². The second-order valence-corrected chi connectivity index (χ2v) is 6.89. The quantitative estimate of drug-likeness (QED) is 0.658. The Morgan fingerprint density at radius 3 is 2.32 bits per heavy atom. The van der Waals surface area contributed by atoms with Crippen LogP contribution in [0.4, 0.5) is 0 Å². The highest BCUT2D eigenvalue weighted by Crippen LogP contribution is 2.32. The average Bonchev–Trinajstić information content (AvgIpc) is 2.27. The van der Waals surface area contributed by atoms with Crippen LogP contribution in [0.1, 0.15) is 20.3 Å². The van der Waals surface area contributed by atoms with Crippen molar-refractivity contribution in [2.24, 2.45) is 5.92 Å². The van der Waals surface area contributed by atoms with Crippen LogP contribution in [0, 0.1) is 5.92 Å². The summed E-state index contributed by atoms with van der Waals surface area (Å²) in [6.07, 6.45) is -0.693. The number of carbonyl (C=O) groups excluding carboxylic acids is 1. The number of rotatable bonds is 5. The number of alkyl halides is 3. The molecule has 1 aromatic rings. The lowest BCUT2D eigenvalue weighted by atomic mass is 10.1. The van der Waals surface area contributed by atoms with Crippen molar-refractivity contribution in [2.45, 2.75) is 30.3 Å². The van der Waals surface area contributed by atoms with Crippen LogP contribution in [0.25, 0.3) is 0 Å². The topological polar surface area (TPSA) is 38.3 Å². The highest BCUT2D eigenvalue weighted by Gasteiger charge is 2.36. The number of carbonyl (C=O) groups is 1. The van der Waals surface area contributed by atoms with Gasteiger partial charge >= 0.3 is 0 Å². The van der Waals surface area contributed by atoms with Crippen LogP contribution < -0.4 is 10.1 Å². The maximum atomic E-state index is 11.7. The molecule has 6 heteroatoms. The maximum absolute atomic E-state index is 11.7. The molecule has 0 radical (unpaired) electrons. The predicted octanol–water partition coefficient (Wildman–Crippen LogP) is 3.92. The van der Waals surface area contributed by atoms with E-state index in [1.807, 2.05) is 19.9 Å². The smallest absolute Gasteiger partial charge is 0.246 e. The Morgan fingerprint density at radius 1 is 1.26 bits per heavy atom. The number of hydrogen-bond donors (Lipinski definition) is 1. The molecule has 0 aromatic heterocycles. The van der Waals surface area contributed by atoms with Gasteiger partial charge in [0.15, 0.2) is 0 Å². The van der Waals surface area contributed by atoms with Crippen molar-refractivity contribution in [3.8, 4) is 5.75 Å². The fraction of sp³-hybridized carbons (Fsp3) is 0.462. The van der Waals surface area contributed by atoms with E-state index in [1.54, 1.807) is 24.3 Å². The lowest BCUT2D eigenvalue weighted by molar-refractivity contribution is -0.124. The molecule has 19 heavy (non-hydrogen) atoms. The number of halogens is 3. The Bertz CT molecular complexity index is 404. The van der Waals surface area contributed by atoms with E-state index in [-0.39, 0.29) is 11.8 Å².